The second kappa shape index (κ2) is 18.4. The highest BCUT2D eigenvalue weighted by Crippen LogP contribution is 2.39. The quantitative estimate of drug-likeness (QED) is 0.100. The zero-order chi connectivity index (χ0) is 38.9. The number of hydrogen-bond donors (Lipinski definition) is 0. The molecule has 0 bridgehead atoms. The number of anilines is 1. The first kappa shape index (κ1) is 39.5. The summed E-state index contributed by atoms with van der Waals surface area (Å²) in [4.78, 5) is 5.04. The summed E-state index contributed by atoms with van der Waals surface area (Å²) in [6.07, 6.45) is 6.14. The molecule has 1 aliphatic heterocycles. The lowest BCUT2D eigenvalue weighted by atomic mass is 9.95. The molecule has 1 aliphatic rings. The van der Waals surface area contributed by atoms with Crippen LogP contribution in [-0.2, 0) is 19.4 Å². The van der Waals surface area contributed by atoms with Crippen LogP contribution in [0, 0.1) is 6.92 Å². The summed E-state index contributed by atoms with van der Waals surface area (Å²) in [6.45, 7) is 14.3. The monoisotopic (exact) mass is 738 g/mol. The third-order valence-electron chi connectivity index (χ3n) is 11.0. The third kappa shape index (κ3) is 9.03. The minimum Gasteiger partial charge on any atom is -0.497 e. The number of piperidine rings is 1. The molecule has 288 valence electrons. The van der Waals surface area contributed by atoms with Crippen LogP contribution in [0.3, 0.4) is 0 Å². The largest absolute Gasteiger partial charge is 0.497 e. The lowest BCUT2D eigenvalue weighted by Gasteiger charge is -2.41. The van der Waals surface area contributed by atoms with Crippen LogP contribution in [0.15, 0.2) is 104 Å². The Labute approximate surface area is 329 Å². The van der Waals surface area contributed by atoms with E-state index in [1.807, 2.05) is 12.1 Å². The Morgan fingerprint density at radius 1 is 0.673 bits per heavy atom. The summed E-state index contributed by atoms with van der Waals surface area (Å²) in [5.41, 5.74) is 13.0. The van der Waals surface area contributed by atoms with Crippen LogP contribution >= 0.6 is 0 Å². The van der Waals surface area contributed by atoms with Crippen LogP contribution in [0.5, 0.6) is 23.0 Å². The molecule has 0 atom stereocenters. The Balaban J connectivity index is 1.23. The van der Waals surface area contributed by atoms with Crippen LogP contribution in [0.25, 0.3) is 28.0 Å². The Morgan fingerprint density at radius 2 is 1.29 bits per heavy atom. The van der Waals surface area contributed by atoms with E-state index in [2.05, 4.69) is 116 Å². The molecule has 5 aromatic rings. The highest BCUT2D eigenvalue weighted by molar-refractivity contribution is 5.82. The minimum absolute atomic E-state index is 0.293. The highest BCUT2D eigenvalue weighted by Gasteiger charge is 2.28. The molecule has 0 amide bonds. The van der Waals surface area contributed by atoms with Crippen LogP contribution < -0.4 is 23.8 Å². The normalized spacial score (nSPS) is 13.4. The first-order valence-corrected chi connectivity index (χ1v) is 19.8. The van der Waals surface area contributed by atoms with Gasteiger partial charge in [0.15, 0.2) is 11.5 Å². The molecule has 6 rings (SSSR count). The summed E-state index contributed by atoms with van der Waals surface area (Å²) >= 11 is 0. The molecule has 5 aromatic carbocycles. The number of likely N-dealkylation sites (tertiary alicyclic amines) is 1. The van der Waals surface area contributed by atoms with Gasteiger partial charge in [-0.25, -0.2) is 0 Å². The Morgan fingerprint density at radius 3 is 1.93 bits per heavy atom. The van der Waals surface area contributed by atoms with Gasteiger partial charge in [0.1, 0.15) is 11.5 Å². The zero-order valence-corrected chi connectivity index (χ0v) is 33.9. The molecule has 0 radical (unpaired) electrons. The molecular formula is C49H58N2O4. The van der Waals surface area contributed by atoms with Crippen molar-refractivity contribution in [1.82, 2.24) is 4.90 Å². The average Bonchev–Trinajstić information content (AvgIpc) is 3.22. The van der Waals surface area contributed by atoms with E-state index in [4.69, 9.17) is 25.5 Å². The van der Waals surface area contributed by atoms with E-state index in [1.165, 1.54) is 27.8 Å². The fourth-order valence-corrected chi connectivity index (χ4v) is 8.11. The average molecular weight is 739 g/mol. The van der Waals surface area contributed by atoms with Crippen molar-refractivity contribution in [3.05, 3.63) is 131 Å². The maximum atomic E-state index is 5.78. The van der Waals surface area contributed by atoms with E-state index >= 15 is 0 Å². The molecule has 6 heteroatoms. The van der Waals surface area contributed by atoms with Crippen LogP contribution in [-0.4, -0.2) is 52.5 Å². The van der Waals surface area contributed by atoms with Gasteiger partial charge in [0.25, 0.3) is 0 Å². The molecule has 1 heterocycles. The van der Waals surface area contributed by atoms with Gasteiger partial charge >= 0.3 is 0 Å². The predicted octanol–water partition coefficient (Wildman–Crippen LogP) is 11.4. The molecule has 0 aliphatic carbocycles. The SMILES string of the molecule is C=C(c1cccc(-c2cc(CCC)c(OC)c(OC)c2)c1)N(c1ccc(OC)cc1)C1CCN(Cc2cccc(-c3cc(CCC)c(C)c(OC)c3)c2)CC1. The molecule has 6 nitrogen and oxygen atoms in total. The molecule has 1 saturated heterocycles. The van der Waals surface area contributed by atoms with Crippen molar-refractivity contribution in [3.8, 4) is 45.3 Å². The fourth-order valence-electron chi connectivity index (χ4n) is 8.11. The van der Waals surface area contributed by atoms with Gasteiger partial charge in [0.05, 0.1) is 28.4 Å². The maximum Gasteiger partial charge on any atom is 0.163 e. The molecule has 0 spiro atoms. The number of hydrogen-bond acceptors (Lipinski definition) is 6. The van der Waals surface area contributed by atoms with E-state index in [0.717, 1.165) is 115 Å². The lowest BCUT2D eigenvalue weighted by molar-refractivity contribution is 0.205. The lowest BCUT2D eigenvalue weighted by Crippen LogP contribution is -2.44. The fraction of sp³-hybridized carbons (Fsp3) is 0.347. The molecular weight excluding hydrogens is 681 g/mol. The van der Waals surface area contributed by atoms with Crippen molar-refractivity contribution < 1.29 is 18.9 Å². The Hall–Kier alpha value is -5.20. The Kier molecular flexibility index (Phi) is 13.2. The van der Waals surface area contributed by atoms with Gasteiger partial charge < -0.3 is 23.8 Å². The van der Waals surface area contributed by atoms with Crippen LogP contribution in [0.1, 0.15) is 67.3 Å². The number of methoxy groups -OCH3 is 4. The van der Waals surface area contributed by atoms with Gasteiger partial charge in [-0.2, -0.15) is 0 Å². The summed E-state index contributed by atoms with van der Waals surface area (Å²) in [7, 11) is 6.90. The van der Waals surface area contributed by atoms with Gasteiger partial charge in [0.2, 0.25) is 0 Å². The maximum absolute atomic E-state index is 5.78. The zero-order valence-electron chi connectivity index (χ0n) is 33.9. The van der Waals surface area contributed by atoms with Gasteiger partial charge in [-0.3, -0.25) is 4.90 Å². The van der Waals surface area contributed by atoms with Gasteiger partial charge in [-0.05, 0) is 137 Å². The van der Waals surface area contributed by atoms with Gasteiger partial charge in [-0.1, -0.05) is 75.7 Å². The highest BCUT2D eigenvalue weighted by atomic mass is 16.5. The second-order valence-electron chi connectivity index (χ2n) is 14.6. The molecule has 1 fully saturated rings. The standard InChI is InChI=1S/C49H58N2O4/c1-9-13-37-28-42(31-47(53-6)34(37)3)39-17-11-15-36(27-39)33-50-25-23-45(24-26-50)51(44-19-21-46(52-5)22-20-44)35(4)38-16-12-18-40(29-38)43-30-41(14-10-2)49(55-8)48(32-43)54-7/h11-12,15-22,27-32,45H,4,9-10,13-14,23-26,33H2,1-3,5-8H3. The van der Waals surface area contributed by atoms with Crippen molar-refractivity contribution >= 4 is 11.4 Å². The van der Waals surface area contributed by atoms with Crippen LogP contribution in [0.2, 0.25) is 0 Å². The molecule has 0 aromatic heterocycles. The number of rotatable bonds is 16. The number of aryl methyl sites for hydroxylation is 2. The topological polar surface area (TPSA) is 43.4 Å². The molecule has 0 N–H and O–H groups in total. The summed E-state index contributed by atoms with van der Waals surface area (Å²) in [5.74, 6) is 3.37. The van der Waals surface area contributed by atoms with Crippen molar-refractivity contribution in [3.63, 3.8) is 0 Å². The third-order valence-corrected chi connectivity index (χ3v) is 11.0. The van der Waals surface area contributed by atoms with Crippen molar-refractivity contribution in [2.24, 2.45) is 0 Å². The van der Waals surface area contributed by atoms with E-state index in [9.17, 15) is 0 Å². The number of ether oxygens (including phenoxy) is 4. The van der Waals surface area contributed by atoms with Crippen molar-refractivity contribution in [1.29, 1.82) is 0 Å². The molecule has 0 saturated carbocycles. The van der Waals surface area contributed by atoms with E-state index < -0.39 is 0 Å². The number of benzene rings is 5. The van der Waals surface area contributed by atoms with E-state index in [0.29, 0.717) is 6.04 Å². The van der Waals surface area contributed by atoms with Gasteiger partial charge in [-0.15, -0.1) is 0 Å². The van der Waals surface area contributed by atoms with Crippen molar-refractivity contribution in [2.75, 3.05) is 46.4 Å². The molecule has 55 heavy (non-hydrogen) atoms. The van der Waals surface area contributed by atoms with E-state index in [1.54, 1.807) is 28.4 Å². The van der Waals surface area contributed by atoms with E-state index in [-0.39, 0.29) is 0 Å². The number of nitrogens with zero attached hydrogens (tertiary/aromatic N) is 2. The van der Waals surface area contributed by atoms with Crippen LogP contribution in [0.4, 0.5) is 5.69 Å². The second-order valence-corrected chi connectivity index (χ2v) is 14.6. The smallest absolute Gasteiger partial charge is 0.163 e. The first-order valence-electron chi connectivity index (χ1n) is 19.8. The first-order chi connectivity index (χ1) is 26.8. The summed E-state index contributed by atoms with van der Waals surface area (Å²) < 4.78 is 22.9. The summed E-state index contributed by atoms with van der Waals surface area (Å²) in [6, 6.07) is 35.3. The van der Waals surface area contributed by atoms with Crippen molar-refractivity contribution in [2.45, 2.75) is 71.9 Å². The molecule has 0 unspecified atom stereocenters. The van der Waals surface area contributed by atoms with Gasteiger partial charge in [0, 0.05) is 37.1 Å². The Bertz CT molecular complexity index is 2060. The predicted molar refractivity (Wildman–Crippen MR) is 229 cm³/mol. The minimum atomic E-state index is 0.293. The summed E-state index contributed by atoms with van der Waals surface area (Å²) in [5, 5.41) is 0.